The molecule has 10 rings (SSSR count). The van der Waals surface area contributed by atoms with Crippen molar-refractivity contribution in [1.82, 2.24) is 54.0 Å². The van der Waals surface area contributed by atoms with E-state index in [1.807, 2.05) is 79.1 Å². The molecule has 11 nitrogen and oxygen atoms in total. The number of pyridine rings is 2. The van der Waals surface area contributed by atoms with Gasteiger partial charge in [0.25, 0.3) is 0 Å². The second-order valence-electron chi connectivity index (χ2n) is 12.2. The second kappa shape index (κ2) is 12.0. The second-order valence-corrected chi connectivity index (χ2v) is 14.1. The van der Waals surface area contributed by atoms with Crippen LogP contribution in [0.15, 0.2) is 91.5 Å². The molecule has 0 N–H and O–H groups in total. The van der Waals surface area contributed by atoms with Crippen LogP contribution in [0.3, 0.4) is 0 Å². The first kappa shape index (κ1) is 29.2. The van der Waals surface area contributed by atoms with Crippen LogP contribution in [0.25, 0.3) is 66.1 Å². The predicted octanol–water partition coefficient (Wildman–Crippen LogP) is 7.26. The van der Waals surface area contributed by atoms with Crippen LogP contribution in [-0.2, 0) is 25.7 Å². The highest BCUT2D eigenvalue weighted by molar-refractivity contribution is 7.18. The number of aromatic nitrogens is 11. The molecule has 2 aliphatic rings. The lowest BCUT2D eigenvalue weighted by Gasteiger charge is -2.08. The first-order valence-electron chi connectivity index (χ1n) is 16.6. The molecule has 0 spiro atoms. The van der Waals surface area contributed by atoms with Crippen molar-refractivity contribution < 1.29 is 0 Å². The normalized spacial score (nSPS) is 13.5. The monoisotopic (exact) mass is 689 g/mol. The van der Waals surface area contributed by atoms with Crippen LogP contribution in [0.4, 0.5) is 0 Å². The summed E-state index contributed by atoms with van der Waals surface area (Å²) in [5.74, 6) is 3.25. The zero-order valence-electron chi connectivity index (χ0n) is 26.6. The molecule has 0 aliphatic carbocycles. The molecule has 0 saturated heterocycles. The number of hydrogen-bond acceptors (Lipinski definition) is 11. The highest BCUT2D eigenvalue weighted by Gasteiger charge is 2.28. The van der Waals surface area contributed by atoms with Crippen molar-refractivity contribution in [3.05, 3.63) is 114 Å². The first-order valence-corrected chi connectivity index (χ1v) is 18.2. The Bertz CT molecular complexity index is 2350. The van der Waals surface area contributed by atoms with E-state index in [1.54, 1.807) is 35.1 Å². The number of imidazole rings is 2. The van der Waals surface area contributed by atoms with Gasteiger partial charge in [-0.1, -0.05) is 65.1 Å². The molecule has 0 unspecified atom stereocenters. The van der Waals surface area contributed by atoms with Crippen LogP contribution in [0, 0.1) is 0 Å². The van der Waals surface area contributed by atoms with Crippen LogP contribution in [0.5, 0.6) is 0 Å². The van der Waals surface area contributed by atoms with E-state index < -0.39 is 0 Å². The van der Waals surface area contributed by atoms with Gasteiger partial charge >= 0.3 is 0 Å². The van der Waals surface area contributed by atoms with Crippen molar-refractivity contribution in [2.75, 3.05) is 0 Å². The van der Waals surface area contributed by atoms with E-state index in [-0.39, 0.29) is 0 Å². The number of aryl methyl sites for hydroxylation is 4. The molecule has 50 heavy (non-hydrogen) atoms. The van der Waals surface area contributed by atoms with Gasteiger partial charge in [0.1, 0.15) is 21.4 Å². The zero-order valence-corrected chi connectivity index (χ0v) is 28.3. The topological polar surface area (TPSA) is 126 Å². The minimum absolute atomic E-state index is 0.524. The van der Waals surface area contributed by atoms with Crippen molar-refractivity contribution in [2.24, 2.45) is 0 Å². The Morgan fingerprint density at radius 3 is 1.48 bits per heavy atom. The van der Waals surface area contributed by atoms with Crippen LogP contribution in [-0.4, -0.2) is 54.0 Å². The van der Waals surface area contributed by atoms with Gasteiger partial charge in [-0.3, -0.25) is 19.1 Å². The summed E-state index contributed by atoms with van der Waals surface area (Å²) in [5, 5.41) is 3.53. The molecule has 13 heteroatoms. The Kier molecular flexibility index (Phi) is 6.98. The maximum atomic E-state index is 5.17. The van der Waals surface area contributed by atoms with Gasteiger partial charge in [0.2, 0.25) is 0 Å². The highest BCUT2D eigenvalue weighted by Crippen LogP contribution is 2.39. The maximum Gasteiger partial charge on any atom is 0.193 e. The third kappa shape index (κ3) is 4.96. The highest BCUT2D eigenvalue weighted by atomic mass is 32.1. The van der Waals surface area contributed by atoms with E-state index in [1.165, 1.54) is 0 Å². The number of hydrogen-bond donors (Lipinski definition) is 0. The van der Waals surface area contributed by atoms with Crippen molar-refractivity contribution in [3.63, 3.8) is 0 Å². The molecule has 0 amide bonds. The lowest BCUT2D eigenvalue weighted by atomic mass is 10.2. The molecule has 242 valence electrons. The number of nitrogens with zero attached hydrogens (tertiary/aromatic N) is 11. The fourth-order valence-electron chi connectivity index (χ4n) is 6.64. The van der Waals surface area contributed by atoms with Gasteiger partial charge in [0.15, 0.2) is 39.1 Å². The van der Waals surface area contributed by atoms with Gasteiger partial charge in [-0.15, -0.1) is 0 Å². The predicted molar refractivity (Wildman–Crippen MR) is 192 cm³/mol. The van der Waals surface area contributed by atoms with Crippen LogP contribution >= 0.6 is 22.7 Å². The van der Waals surface area contributed by atoms with Gasteiger partial charge in [-0.2, -0.15) is 0 Å². The summed E-state index contributed by atoms with van der Waals surface area (Å²) >= 11 is 3.16. The summed E-state index contributed by atoms with van der Waals surface area (Å²) in [6, 6.07) is 21.8. The smallest absolute Gasteiger partial charge is 0.193 e. The molecule has 9 heterocycles. The fraction of sp³-hybridized carbons (Fsp3) is 0.162. The number of rotatable bonds is 5. The molecule has 2 aliphatic heterocycles. The van der Waals surface area contributed by atoms with E-state index in [4.69, 9.17) is 34.9 Å². The SMILES string of the molecule is c1ccc(-c2nc(-c3nc4c(s3)-n3c(cnc3-c3ccccn3)CCC4)nc(-c3nc4c(s3)-n3c(cnc3-c3ccccn3)CCC4)n2)cc1. The number of thiazole rings is 2. The maximum absolute atomic E-state index is 5.17. The van der Waals surface area contributed by atoms with Gasteiger partial charge in [-0.25, -0.2) is 34.9 Å². The van der Waals surface area contributed by atoms with Crippen LogP contribution in [0.1, 0.15) is 35.6 Å². The lowest BCUT2D eigenvalue weighted by molar-refractivity contribution is 0.804. The molecule has 0 radical (unpaired) electrons. The van der Waals surface area contributed by atoms with Gasteiger partial charge in [0, 0.05) is 41.7 Å². The minimum atomic E-state index is 0.524. The first-order chi connectivity index (χ1) is 24.8. The molecule has 8 aromatic rings. The third-order valence-corrected chi connectivity index (χ3v) is 11.1. The Morgan fingerprint density at radius 1 is 0.480 bits per heavy atom. The van der Waals surface area contributed by atoms with Crippen molar-refractivity contribution in [3.8, 4) is 66.1 Å². The van der Waals surface area contributed by atoms with Gasteiger partial charge < -0.3 is 0 Å². The molecule has 0 atom stereocenters. The lowest BCUT2D eigenvalue weighted by Crippen LogP contribution is -2.01. The van der Waals surface area contributed by atoms with Crippen molar-refractivity contribution in [2.45, 2.75) is 38.5 Å². The van der Waals surface area contributed by atoms with E-state index in [0.29, 0.717) is 17.5 Å². The molecular formula is C37H27N11S2. The minimum Gasteiger partial charge on any atom is -0.285 e. The van der Waals surface area contributed by atoms with Crippen LogP contribution in [0.2, 0.25) is 0 Å². The third-order valence-electron chi connectivity index (χ3n) is 8.96. The Hall–Kier alpha value is -5.79. The van der Waals surface area contributed by atoms with E-state index in [9.17, 15) is 0 Å². The average molecular weight is 690 g/mol. The summed E-state index contributed by atoms with van der Waals surface area (Å²) < 4.78 is 4.43. The standard InChI is InChI=1S/C37H27N11S2/c1-2-10-22(11-3-1)29-44-30(34-42-27-16-8-12-23-20-40-32(47(23)36(27)49-34)25-14-4-6-18-38-25)46-31(45-29)35-43-28-17-9-13-24-21-41-33(48(24)37(28)50-35)26-15-5-7-19-39-26/h1-7,10-11,14-15,18-21H,8-9,12-13,16-17H2. The largest absolute Gasteiger partial charge is 0.285 e. The number of benzene rings is 1. The fourth-order valence-corrected chi connectivity index (χ4v) is 8.81. The summed E-state index contributed by atoms with van der Waals surface area (Å²) in [4.78, 5) is 44.2. The average Bonchev–Trinajstić information content (AvgIpc) is 3.95. The zero-order chi connectivity index (χ0) is 33.0. The van der Waals surface area contributed by atoms with E-state index >= 15 is 0 Å². The summed E-state index contributed by atoms with van der Waals surface area (Å²) in [6.45, 7) is 0. The van der Waals surface area contributed by atoms with Crippen molar-refractivity contribution >= 4 is 22.7 Å². The van der Waals surface area contributed by atoms with E-state index in [0.717, 1.165) is 110 Å². The molecule has 0 saturated carbocycles. The molecule has 1 aromatic carbocycles. The van der Waals surface area contributed by atoms with Gasteiger partial charge in [-0.05, 0) is 62.8 Å². The van der Waals surface area contributed by atoms with Crippen molar-refractivity contribution in [1.29, 1.82) is 0 Å². The molecule has 0 fully saturated rings. The van der Waals surface area contributed by atoms with Gasteiger partial charge in [0.05, 0.1) is 11.4 Å². The molecule has 7 aromatic heterocycles. The molecule has 0 bridgehead atoms. The summed E-state index contributed by atoms with van der Waals surface area (Å²) in [6.07, 6.45) is 13.0. The summed E-state index contributed by atoms with van der Waals surface area (Å²) in [5.41, 5.74) is 6.87. The van der Waals surface area contributed by atoms with E-state index in [2.05, 4.69) is 19.1 Å². The quantitative estimate of drug-likeness (QED) is 0.184. The Labute approximate surface area is 294 Å². The Balaban J connectivity index is 1.12. The molecular weight excluding hydrogens is 663 g/mol. The number of fused-ring (bicyclic) bond motifs is 6. The summed E-state index contributed by atoms with van der Waals surface area (Å²) in [7, 11) is 0. The van der Waals surface area contributed by atoms with Crippen LogP contribution < -0.4 is 0 Å². The Morgan fingerprint density at radius 2 is 0.980 bits per heavy atom.